The van der Waals surface area contributed by atoms with Gasteiger partial charge in [0, 0.05) is 24.8 Å². The highest BCUT2D eigenvalue weighted by Gasteiger charge is 2.53. The highest BCUT2D eigenvalue weighted by Crippen LogP contribution is 2.46. The fraction of sp³-hybridized carbons (Fsp3) is 0.367. The number of ether oxygens (including phenoxy) is 1. The lowest BCUT2D eigenvalue weighted by atomic mass is 9.78. The normalized spacial score (nSPS) is 26.8. The molecular formula is C30H32NO2+. The molecule has 0 radical (unpaired) electrons. The SMILES string of the molecule is CC(c1ccccc1)[N+]12CCC(CC1)C[C@H]2OC(=O)C1c2ccccc2Cc2ccccc21. The molecule has 1 aliphatic carbocycles. The number of esters is 1. The summed E-state index contributed by atoms with van der Waals surface area (Å²) in [4.78, 5) is 13.9. The smallest absolute Gasteiger partial charge is 0.322 e. The summed E-state index contributed by atoms with van der Waals surface area (Å²) >= 11 is 0. The lowest BCUT2D eigenvalue weighted by molar-refractivity contribution is -1.01. The van der Waals surface area contributed by atoms with E-state index in [1.807, 2.05) is 12.1 Å². The lowest BCUT2D eigenvalue weighted by Gasteiger charge is -2.56. The van der Waals surface area contributed by atoms with Crippen molar-refractivity contribution < 1.29 is 14.0 Å². The van der Waals surface area contributed by atoms with Crippen molar-refractivity contribution in [3.8, 4) is 0 Å². The Balaban J connectivity index is 1.35. The number of nitrogens with zero attached hydrogens (tertiary/aromatic N) is 1. The molecule has 3 aromatic carbocycles. The summed E-state index contributed by atoms with van der Waals surface area (Å²) in [5.74, 6) is 0.265. The van der Waals surface area contributed by atoms with Crippen LogP contribution in [0.1, 0.15) is 66.0 Å². The van der Waals surface area contributed by atoms with Crippen LogP contribution < -0.4 is 0 Å². The van der Waals surface area contributed by atoms with Crippen LogP contribution in [-0.2, 0) is 16.0 Å². The fourth-order valence-corrected chi connectivity index (χ4v) is 6.72. The second-order valence-corrected chi connectivity index (χ2v) is 10.2. The Labute approximate surface area is 196 Å². The molecule has 7 rings (SSSR count). The summed E-state index contributed by atoms with van der Waals surface area (Å²) in [6.07, 6.45) is 4.27. The van der Waals surface area contributed by atoms with Crippen LogP contribution in [-0.4, -0.2) is 29.8 Å². The monoisotopic (exact) mass is 438 g/mol. The Morgan fingerprint density at radius 1 is 0.848 bits per heavy atom. The van der Waals surface area contributed by atoms with Gasteiger partial charge >= 0.3 is 5.97 Å². The minimum absolute atomic E-state index is 0.0681. The van der Waals surface area contributed by atoms with Gasteiger partial charge in [-0.3, -0.25) is 9.28 Å². The fourth-order valence-electron chi connectivity index (χ4n) is 6.72. The quantitative estimate of drug-likeness (QED) is 0.370. The number of carbonyl (C=O) groups excluding carboxylic acids is 1. The summed E-state index contributed by atoms with van der Waals surface area (Å²) in [6, 6.07) is 27.9. The van der Waals surface area contributed by atoms with E-state index < -0.39 is 0 Å². The van der Waals surface area contributed by atoms with Gasteiger partial charge in [0.2, 0.25) is 6.23 Å². The van der Waals surface area contributed by atoms with Gasteiger partial charge in [-0.05, 0) is 41.5 Å². The molecule has 3 fully saturated rings. The van der Waals surface area contributed by atoms with Crippen LogP contribution in [0.2, 0.25) is 0 Å². The van der Waals surface area contributed by atoms with Gasteiger partial charge in [-0.2, -0.15) is 0 Å². The number of fused-ring (bicyclic) bond motifs is 5. The highest BCUT2D eigenvalue weighted by molar-refractivity contribution is 5.84. The highest BCUT2D eigenvalue weighted by atomic mass is 16.6. The van der Waals surface area contributed by atoms with Crippen molar-refractivity contribution in [2.24, 2.45) is 5.92 Å². The van der Waals surface area contributed by atoms with Gasteiger partial charge < -0.3 is 4.74 Å². The van der Waals surface area contributed by atoms with Crippen molar-refractivity contribution in [1.82, 2.24) is 0 Å². The zero-order valence-electron chi connectivity index (χ0n) is 19.3. The van der Waals surface area contributed by atoms with Crippen molar-refractivity contribution >= 4 is 5.97 Å². The third kappa shape index (κ3) is 3.41. The summed E-state index contributed by atoms with van der Waals surface area (Å²) in [6.45, 7) is 4.51. The van der Waals surface area contributed by atoms with Crippen molar-refractivity contribution in [2.75, 3.05) is 13.1 Å². The molecule has 3 heteroatoms. The number of hydrogen-bond donors (Lipinski definition) is 0. The van der Waals surface area contributed by atoms with Crippen LogP contribution in [0.4, 0.5) is 0 Å². The predicted octanol–water partition coefficient (Wildman–Crippen LogP) is 5.98. The average molecular weight is 439 g/mol. The molecule has 0 amide bonds. The molecule has 2 atom stereocenters. The summed E-state index contributed by atoms with van der Waals surface area (Å²) in [7, 11) is 0. The molecule has 33 heavy (non-hydrogen) atoms. The lowest BCUT2D eigenvalue weighted by Crippen LogP contribution is -2.66. The Bertz CT molecular complexity index is 1120. The maximum Gasteiger partial charge on any atom is 0.322 e. The molecule has 4 aliphatic rings. The third-order valence-electron chi connectivity index (χ3n) is 8.67. The molecule has 3 saturated heterocycles. The first kappa shape index (κ1) is 20.7. The third-order valence-corrected chi connectivity index (χ3v) is 8.67. The van der Waals surface area contributed by atoms with Crippen LogP contribution in [0.25, 0.3) is 0 Å². The van der Waals surface area contributed by atoms with Crippen molar-refractivity contribution in [3.05, 3.63) is 107 Å². The molecule has 3 aromatic rings. The summed E-state index contributed by atoms with van der Waals surface area (Å²) in [5, 5.41) is 0. The number of hydrogen-bond acceptors (Lipinski definition) is 2. The second kappa shape index (κ2) is 8.14. The van der Waals surface area contributed by atoms with E-state index in [0.29, 0.717) is 12.0 Å². The Morgan fingerprint density at radius 3 is 2.06 bits per heavy atom. The molecule has 168 valence electrons. The molecule has 3 aliphatic heterocycles. The maximum absolute atomic E-state index is 13.9. The number of carbonyl (C=O) groups is 1. The number of quaternary nitrogens is 1. The molecule has 0 saturated carbocycles. The van der Waals surface area contributed by atoms with E-state index in [2.05, 4.69) is 73.7 Å². The maximum atomic E-state index is 13.9. The predicted molar refractivity (Wildman–Crippen MR) is 130 cm³/mol. The molecule has 0 aromatic heterocycles. The average Bonchev–Trinajstić information content (AvgIpc) is 2.88. The first-order valence-corrected chi connectivity index (χ1v) is 12.4. The van der Waals surface area contributed by atoms with Gasteiger partial charge in [-0.15, -0.1) is 0 Å². The van der Waals surface area contributed by atoms with E-state index in [4.69, 9.17) is 4.74 Å². The van der Waals surface area contributed by atoms with E-state index in [0.717, 1.165) is 41.5 Å². The number of rotatable bonds is 4. The molecule has 3 nitrogen and oxygen atoms in total. The number of piperidine rings is 3. The molecule has 2 bridgehead atoms. The zero-order chi connectivity index (χ0) is 22.4. The van der Waals surface area contributed by atoms with Crippen LogP contribution in [0.5, 0.6) is 0 Å². The van der Waals surface area contributed by atoms with Gasteiger partial charge in [-0.25, -0.2) is 0 Å². The minimum Gasteiger partial charge on any atom is -0.412 e. The van der Waals surface area contributed by atoms with Crippen molar-refractivity contribution in [3.63, 3.8) is 0 Å². The first-order valence-electron chi connectivity index (χ1n) is 12.4. The standard InChI is InChI=1S/C30H32NO2/c1-21(23-9-3-2-4-10-23)31-17-15-22(16-18-31)19-28(31)33-30(32)29-26-13-7-5-11-24(26)20-25-12-6-8-14-27(25)29/h2-14,21-22,28-29H,15-20H2,1H3/q+1/t21?,22?,28-,31?/m1/s1. The molecule has 0 spiro atoms. The van der Waals surface area contributed by atoms with Crippen molar-refractivity contribution in [1.29, 1.82) is 0 Å². The van der Waals surface area contributed by atoms with E-state index >= 15 is 0 Å². The molecule has 3 heterocycles. The summed E-state index contributed by atoms with van der Waals surface area (Å²) in [5.41, 5.74) is 6.04. The zero-order valence-corrected chi connectivity index (χ0v) is 19.3. The van der Waals surface area contributed by atoms with Gasteiger partial charge in [-0.1, -0.05) is 78.9 Å². The number of benzene rings is 3. The Hall–Kier alpha value is -2.91. The largest absolute Gasteiger partial charge is 0.412 e. The van der Waals surface area contributed by atoms with Crippen LogP contribution in [0.3, 0.4) is 0 Å². The minimum atomic E-state index is -0.333. The Kier molecular flexibility index (Phi) is 5.10. The van der Waals surface area contributed by atoms with Crippen molar-refractivity contribution in [2.45, 2.75) is 50.8 Å². The van der Waals surface area contributed by atoms with Gasteiger partial charge in [0.05, 0.1) is 13.1 Å². The topological polar surface area (TPSA) is 26.3 Å². The Morgan fingerprint density at radius 2 is 1.42 bits per heavy atom. The molecule has 1 unspecified atom stereocenters. The van der Waals surface area contributed by atoms with Gasteiger partial charge in [0.15, 0.2) is 0 Å². The molecular weight excluding hydrogens is 406 g/mol. The first-order chi connectivity index (χ1) is 16.2. The summed E-state index contributed by atoms with van der Waals surface area (Å²) < 4.78 is 7.43. The van der Waals surface area contributed by atoms with E-state index in [1.165, 1.54) is 29.5 Å². The van der Waals surface area contributed by atoms with E-state index in [-0.39, 0.29) is 18.1 Å². The van der Waals surface area contributed by atoms with Gasteiger partial charge in [0.1, 0.15) is 12.0 Å². The van der Waals surface area contributed by atoms with Gasteiger partial charge in [0.25, 0.3) is 0 Å². The second-order valence-electron chi connectivity index (χ2n) is 10.2. The van der Waals surface area contributed by atoms with E-state index in [9.17, 15) is 4.79 Å². The van der Waals surface area contributed by atoms with E-state index in [1.54, 1.807) is 0 Å². The van der Waals surface area contributed by atoms with Crippen LogP contribution in [0.15, 0.2) is 78.9 Å². The molecule has 0 N–H and O–H groups in total. The van der Waals surface area contributed by atoms with Crippen LogP contribution in [0, 0.1) is 5.92 Å². The van der Waals surface area contributed by atoms with Crippen LogP contribution >= 0.6 is 0 Å².